The van der Waals surface area contributed by atoms with Gasteiger partial charge in [0.2, 0.25) is 0 Å². The van der Waals surface area contributed by atoms with Crippen LogP contribution in [0.1, 0.15) is 52.0 Å². The average Bonchev–Trinajstić information content (AvgIpc) is 3.06. The molecule has 0 spiro atoms. The molecule has 2 unspecified atom stereocenters. The number of aromatic amines is 1. The summed E-state index contributed by atoms with van der Waals surface area (Å²) >= 11 is 0. The summed E-state index contributed by atoms with van der Waals surface area (Å²) in [6.07, 6.45) is 5.34. The van der Waals surface area contributed by atoms with E-state index in [2.05, 4.69) is 22.4 Å². The van der Waals surface area contributed by atoms with Gasteiger partial charge in [-0.25, -0.2) is 8.42 Å². The number of rotatable bonds is 7. The fourth-order valence-corrected chi connectivity index (χ4v) is 5.08. The summed E-state index contributed by atoms with van der Waals surface area (Å²) in [7, 11) is -3.50. The van der Waals surface area contributed by atoms with E-state index in [1.807, 2.05) is 13.8 Å². The van der Waals surface area contributed by atoms with Crippen molar-refractivity contribution < 1.29 is 8.42 Å². The second kappa shape index (κ2) is 6.89. The lowest BCUT2D eigenvalue weighted by molar-refractivity contribution is 0.327. The maximum atomic E-state index is 13.0. The van der Waals surface area contributed by atoms with Crippen molar-refractivity contribution in [1.82, 2.24) is 19.8 Å². The minimum Gasteiger partial charge on any atom is -0.313 e. The molecule has 0 bridgehead atoms. The van der Waals surface area contributed by atoms with Gasteiger partial charge < -0.3 is 5.32 Å². The molecule has 1 saturated heterocycles. The average molecular weight is 314 g/mol. The molecule has 2 heterocycles. The van der Waals surface area contributed by atoms with Gasteiger partial charge in [-0.3, -0.25) is 5.10 Å². The zero-order valence-electron chi connectivity index (χ0n) is 13.1. The van der Waals surface area contributed by atoms with Gasteiger partial charge in [-0.15, -0.1) is 0 Å². The molecule has 0 radical (unpaired) electrons. The molecule has 0 aromatic carbocycles. The summed E-state index contributed by atoms with van der Waals surface area (Å²) in [4.78, 5) is 0. The summed E-state index contributed by atoms with van der Waals surface area (Å²) in [5.74, 6) is 0. The Bertz CT molecular complexity index is 555. The van der Waals surface area contributed by atoms with E-state index < -0.39 is 10.0 Å². The molecule has 2 N–H and O–H groups in total. The molecule has 2 atom stereocenters. The van der Waals surface area contributed by atoms with Crippen LogP contribution in [-0.4, -0.2) is 41.5 Å². The zero-order chi connectivity index (χ0) is 15.5. The van der Waals surface area contributed by atoms with E-state index in [1.54, 1.807) is 10.5 Å². The van der Waals surface area contributed by atoms with Crippen molar-refractivity contribution in [2.45, 2.75) is 70.1 Å². The van der Waals surface area contributed by atoms with E-state index >= 15 is 0 Å². The van der Waals surface area contributed by atoms with Crippen molar-refractivity contribution in [1.29, 1.82) is 0 Å². The van der Waals surface area contributed by atoms with Crippen LogP contribution in [0.5, 0.6) is 0 Å². The van der Waals surface area contributed by atoms with Crippen molar-refractivity contribution in [3.63, 3.8) is 0 Å². The van der Waals surface area contributed by atoms with Crippen molar-refractivity contribution in [2.75, 3.05) is 6.54 Å². The third-order valence-corrected chi connectivity index (χ3v) is 6.22. The monoisotopic (exact) mass is 314 g/mol. The van der Waals surface area contributed by atoms with Crippen molar-refractivity contribution in [3.05, 3.63) is 11.8 Å². The van der Waals surface area contributed by atoms with Gasteiger partial charge in [0, 0.05) is 24.2 Å². The molecule has 6 nitrogen and oxygen atoms in total. The Labute approximate surface area is 127 Å². The molecule has 1 aromatic rings. The van der Waals surface area contributed by atoms with Crippen molar-refractivity contribution >= 4 is 10.0 Å². The second-order valence-electron chi connectivity index (χ2n) is 5.72. The van der Waals surface area contributed by atoms with Crippen LogP contribution >= 0.6 is 0 Å². The van der Waals surface area contributed by atoms with E-state index in [1.165, 1.54) is 0 Å². The molecule has 0 aliphatic carbocycles. The topological polar surface area (TPSA) is 78.1 Å². The van der Waals surface area contributed by atoms with Crippen LogP contribution in [0, 0.1) is 0 Å². The highest BCUT2D eigenvalue weighted by atomic mass is 32.2. The van der Waals surface area contributed by atoms with Crippen molar-refractivity contribution in [2.24, 2.45) is 0 Å². The Morgan fingerprint density at radius 1 is 1.43 bits per heavy atom. The Hall–Kier alpha value is -0.920. The summed E-state index contributed by atoms with van der Waals surface area (Å²) in [6.45, 7) is 7.50. The number of H-pyrrole nitrogens is 1. The molecule has 0 saturated carbocycles. The lowest BCUT2D eigenvalue weighted by atomic mass is 10.2. The normalized spacial score (nSPS) is 23.8. The lowest BCUT2D eigenvalue weighted by Crippen LogP contribution is -2.40. The molecule has 1 aliphatic heterocycles. The number of hydrogen-bond donors (Lipinski definition) is 2. The number of nitrogens with zero attached hydrogens (tertiary/aromatic N) is 2. The van der Waals surface area contributed by atoms with E-state index in [0.29, 0.717) is 6.54 Å². The summed E-state index contributed by atoms with van der Waals surface area (Å²) in [6, 6.07) is 0.157. The first kappa shape index (κ1) is 16.5. The highest BCUT2D eigenvalue weighted by Gasteiger charge is 2.40. The Kier molecular flexibility index (Phi) is 5.40. The Morgan fingerprint density at radius 2 is 2.19 bits per heavy atom. The fraction of sp³-hybridized carbons (Fsp3) is 0.786. The van der Waals surface area contributed by atoms with Crippen LogP contribution in [0.4, 0.5) is 0 Å². The maximum absolute atomic E-state index is 13.0. The molecule has 7 heteroatoms. The number of nitrogens with one attached hydrogen (secondary N) is 2. The van der Waals surface area contributed by atoms with Gasteiger partial charge in [-0.05, 0) is 39.2 Å². The maximum Gasteiger partial charge on any atom is 0.260 e. The molecular weight excluding hydrogens is 288 g/mol. The van der Waals surface area contributed by atoms with Gasteiger partial charge in [0.15, 0.2) is 5.03 Å². The van der Waals surface area contributed by atoms with E-state index in [9.17, 15) is 8.42 Å². The van der Waals surface area contributed by atoms with Crippen LogP contribution in [0.15, 0.2) is 11.2 Å². The lowest BCUT2D eigenvalue weighted by Gasteiger charge is -2.26. The molecule has 0 amide bonds. The fourth-order valence-electron chi connectivity index (χ4n) is 3.02. The number of aromatic nitrogens is 2. The van der Waals surface area contributed by atoms with E-state index in [4.69, 9.17) is 0 Å². The predicted octanol–water partition coefficient (Wildman–Crippen LogP) is 1.86. The van der Waals surface area contributed by atoms with Crippen LogP contribution in [-0.2, 0) is 16.6 Å². The van der Waals surface area contributed by atoms with Crippen LogP contribution in [0.25, 0.3) is 0 Å². The van der Waals surface area contributed by atoms with Gasteiger partial charge in [0.1, 0.15) is 0 Å². The molecule has 1 fully saturated rings. The molecule has 120 valence electrons. The van der Waals surface area contributed by atoms with Crippen LogP contribution in [0.3, 0.4) is 0 Å². The zero-order valence-corrected chi connectivity index (χ0v) is 13.9. The largest absolute Gasteiger partial charge is 0.313 e. The first-order chi connectivity index (χ1) is 10.0. The first-order valence-electron chi connectivity index (χ1n) is 7.78. The van der Waals surface area contributed by atoms with Gasteiger partial charge in [-0.2, -0.15) is 9.40 Å². The summed E-state index contributed by atoms with van der Waals surface area (Å²) in [5.41, 5.74) is 0.720. The Balaban J connectivity index is 2.25. The minimum absolute atomic E-state index is 0.0553. The van der Waals surface area contributed by atoms with Gasteiger partial charge >= 0.3 is 0 Å². The number of hydrogen-bond acceptors (Lipinski definition) is 4. The minimum atomic E-state index is -3.50. The molecule has 1 aliphatic rings. The van der Waals surface area contributed by atoms with Crippen LogP contribution < -0.4 is 5.32 Å². The van der Waals surface area contributed by atoms with Crippen LogP contribution in [0.2, 0.25) is 0 Å². The van der Waals surface area contributed by atoms with E-state index in [-0.39, 0.29) is 17.1 Å². The predicted molar refractivity (Wildman–Crippen MR) is 82.4 cm³/mol. The van der Waals surface area contributed by atoms with E-state index in [0.717, 1.165) is 37.8 Å². The molecule has 2 rings (SSSR count). The third-order valence-electron chi connectivity index (χ3n) is 4.14. The highest BCUT2D eigenvalue weighted by molar-refractivity contribution is 7.89. The first-order valence-corrected chi connectivity index (χ1v) is 9.22. The summed E-state index contributed by atoms with van der Waals surface area (Å²) < 4.78 is 27.6. The second-order valence-corrected chi connectivity index (χ2v) is 7.50. The molecular formula is C14H26N4O2S. The molecule has 21 heavy (non-hydrogen) atoms. The Morgan fingerprint density at radius 3 is 2.86 bits per heavy atom. The summed E-state index contributed by atoms with van der Waals surface area (Å²) in [5, 5.41) is 10.1. The molecule has 1 aromatic heterocycles. The van der Waals surface area contributed by atoms with Gasteiger partial charge in [0.05, 0.1) is 6.20 Å². The highest BCUT2D eigenvalue weighted by Crippen LogP contribution is 2.32. The quantitative estimate of drug-likeness (QED) is 0.753. The third kappa shape index (κ3) is 3.30. The standard InChI is InChI=1S/C14H26N4O2S/c1-4-8-15-9-12-10-16-17-14(12)21(19,20)18-11(3)6-7-13(18)5-2/h10-11,13,15H,4-9H2,1-3H3,(H,16,17). The van der Waals surface area contributed by atoms with Gasteiger partial charge in [-0.1, -0.05) is 13.8 Å². The van der Waals surface area contributed by atoms with Gasteiger partial charge in [0.25, 0.3) is 10.0 Å². The number of sulfonamides is 1. The van der Waals surface area contributed by atoms with Crippen molar-refractivity contribution in [3.8, 4) is 0 Å². The SMILES string of the molecule is CCCNCc1cn[nH]c1S(=O)(=O)N1C(C)CCC1CC. The smallest absolute Gasteiger partial charge is 0.260 e.